The van der Waals surface area contributed by atoms with Gasteiger partial charge in [-0.1, -0.05) is 24.6 Å². The summed E-state index contributed by atoms with van der Waals surface area (Å²) in [5, 5.41) is 0. The molecule has 0 bridgehead atoms. The zero-order chi connectivity index (χ0) is 16.2. The van der Waals surface area contributed by atoms with Gasteiger partial charge >= 0.3 is 0 Å². The number of carbonyl (C=O) groups is 1. The lowest BCUT2D eigenvalue weighted by Gasteiger charge is -2.30. The zero-order valence-corrected chi connectivity index (χ0v) is 14.0. The average molecular weight is 324 g/mol. The van der Waals surface area contributed by atoms with Gasteiger partial charge in [-0.15, -0.1) is 0 Å². The molecule has 0 saturated carbocycles. The summed E-state index contributed by atoms with van der Waals surface area (Å²) in [5.74, 6) is -0.113. The summed E-state index contributed by atoms with van der Waals surface area (Å²) in [6, 6.07) is 5.94. The zero-order valence-electron chi connectivity index (χ0n) is 13.2. The minimum Gasteiger partial charge on any atom is -0.341 e. The van der Waals surface area contributed by atoms with Crippen molar-refractivity contribution in [3.05, 3.63) is 29.8 Å². The van der Waals surface area contributed by atoms with E-state index in [1.807, 2.05) is 13.8 Å². The largest absolute Gasteiger partial charge is 0.341 e. The van der Waals surface area contributed by atoms with Crippen LogP contribution in [0.2, 0.25) is 0 Å². The van der Waals surface area contributed by atoms with E-state index < -0.39 is 16.1 Å². The van der Waals surface area contributed by atoms with Crippen LogP contribution in [0.15, 0.2) is 29.2 Å². The Bertz CT molecular complexity index is 605. The molecule has 122 valence electrons. The molecular formula is C16H24N2O3S. The highest BCUT2D eigenvalue weighted by Crippen LogP contribution is 2.14. The molecular weight excluding hydrogens is 300 g/mol. The molecule has 0 aromatic heterocycles. The molecule has 0 aliphatic carbocycles. The van der Waals surface area contributed by atoms with Crippen molar-refractivity contribution in [2.75, 3.05) is 13.1 Å². The number of benzene rings is 1. The molecule has 0 radical (unpaired) electrons. The first-order valence-electron chi connectivity index (χ1n) is 7.82. The predicted molar refractivity (Wildman–Crippen MR) is 86.0 cm³/mol. The van der Waals surface area contributed by atoms with Crippen molar-refractivity contribution in [3.8, 4) is 0 Å². The second-order valence-electron chi connectivity index (χ2n) is 5.78. The van der Waals surface area contributed by atoms with Crippen LogP contribution in [0, 0.1) is 6.92 Å². The molecule has 1 atom stereocenters. The number of piperidine rings is 1. The quantitative estimate of drug-likeness (QED) is 0.901. The molecule has 22 heavy (non-hydrogen) atoms. The monoisotopic (exact) mass is 324 g/mol. The Morgan fingerprint density at radius 2 is 1.77 bits per heavy atom. The molecule has 1 amide bonds. The Hall–Kier alpha value is -1.40. The molecule has 1 N–H and O–H groups in total. The molecule has 1 saturated heterocycles. The number of carbonyl (C=O) groups excluding carboxylic acids is 1. The summed E-state index contributed by atoms with van der Waals surface area (Å²) in [4.78, 5) is 14.5. The average Bonchev–Trinajstić information content (AvgIpc) is 2.53. The minimum absolute atomic E-state index is 0.113. The van der Waals surface area contributed by atoms with Crippen molar-refractivity contribution in [3.63, 3.8) is 0 Å². The topological polar surface area (TPSA) is 66.5 Å². The van der Waals surface area contributed by atoms with Crippen LogP contribution in [0.1, 0.15) is 38.2 Å². The Kier molecular flexibility index (Phi) is 5.58. The lowest BCUT2D eigenvalue weighted by atomic mass is 10.1. The van der Waals surface area contributed by atoms with Crippen molar-refractivity contribution >= 4 is 15.9 Å². The van der Waals surface area contributed by atoms with Crippen LogP contribution in [-0.2, 0) is 14.8 Å². The number of likely N-dealkylation sites (tertiary alicyclic amines) is 1. The summed E-state index contributed by atoms with van der Waals surface area (Å²) in [6.07, 6.45) is 3.57. The highest BCUT2D eigenvalue weighted by molar-refractivity contribution is 7.89. The summed E-state index contributed by atoms with van der Waals surface area (Å²) in [6.45, 7) is 5.17. The van der Waals surface area contributed by atoms with Gasteiger partial charge in [0, 0.05) is 13.1 Å². The maximum atomic E-state index is 12.5. The number of nitrogens with zero attached hydrogens (tertiary/aromatic N) is 1. The molecule has 1 aliphatic heterocycles. The van der Waals surface area contributed by atoms with Crippen LogP contribution in [-0.4, -0.2) is 38.4 Å². The number of rotatable bonds is 5. The van der Waals surface area contributed by atoms with Gasteiger partial charge in [-0.2, -0.15) is 4.72 Å². The molecule has 1 unspecified atom stereocenters. The molecule has 5 nitrogen and oxygen atoms in total. The maximum absolute atomic E-state index is 12.5. The van der Waals surface area contributed by atoms with E-state index in [0.717, 1.165) is 37.9 Å². The fraction of sp³-hybridized carbons (Fsp3) is 0.562. The second-order valence-corrected chi connectivity index (χ2v) is 7.50. The smallest absolute Gasteiger partial charge is 0.241 e. The van der Waals surface area contributed by atoms with E-state index in [0.29, 0.717) is 6.42 Å². The van der Waals surface area contributed by atoms with Gasteiger partial charge < -0.3 is 4.90 Å². The summed E-state index contributed by atoms with van der Waals surface area (Å²) >= 11 is 0. The summed E-state index contributed by atoms with van der Waals surface area (Å²) in [7, 11) is -3.67. The molecule has 0 spiro atoms. The summed E-state index contributed by atoms with van der Waals surface area (Å²) in [5.41, 5.74) is 0.996. The standard InChI is InChI=1S/C16H24N2O3S/c1-3-15(16(19)18-11-5-4-6-12-18)17-22(20,21)14-9-7-13(2)8-10-14/h7-10,15,17H,3-6,11-12H2,1-2H3. The Morgan fingerprint density at radius 1 is 1.18 bits per heavy atom. The van der Waals surface area contributed by atoms with Gasteiger partial charge in [0.1, 0.15) is 6.04 Å². The third kappa shape index (κ3) is 4.08. The number of hydrogen-bond donors (Lipinski definition) is 1. The highest BCUT2D eigenvalue weighted by atomic mass is 32.2. The number of aryl methyl sites for hydroxylation is 1. The fourth-order valence-corrected chi connectivity index (χ4v) is 3.89. The first-order valence-corrected chi connectivity index (χ1v) is 9.30. The first-order chi connectivity index (χ1) is 10.4. The van der Waals surface area contributed by atoms with Crippen LogP contribution in [0.5, 0.6) is 0 Å². The normalized spacial score (nSPS) is 17.3. The SMILES string of the molecule is CCC(NS(=O)(=O)c1ccc(C)cc1)C(=O)N1CCCCC1. The van der Waals surface area contributed by atoms with Gasteiger partial charge in [-0.05, 0) is 44.7 Å². The van der Waals surface area contributed by atoms with Gasteiger partial charge in [-0.3, -0.25) is 4.79 Å². The third-order valence-corrected chi connectivity index (χ3v) is 5.49. The molecule has 1 heterocycles. The van der Waals surface area contributed by atoms with Crippen LogP contribution in [0.4, 0.5) is 0 Å². The predicted octanol–water partition coefficient (Wildman–Crippen LogP) is 2.06. The van der Waals surface area contributed by atoms with E-state index in [9.17, 15) is 13.2 Å². The van der Waals surface area contributed by atoms with Crippen LogP contribution < -0.4 is 4.72 Å². The molecule has 1 aliphatic rings. The number of nitrogens with one attached hydrogen (secondary N) is 1. The maximum Gasteiger partial charge on any atom is 0.241 e. The number of amides is 1. The van der Waals surface area contributed by atoms with Gasteiger partial charge in [0.05, 0.1) is 4.90 Å². The molecule has 1 aromatic carbocycles. The van der Waals surface area contributed by atoms with Crippen molar-refractivity contribution in [1.29, 1.82) is 0 Å². The first kappa shape index (κ1) is 17.0. The van der Waals surface area contributed by atoms with E-state index in [-0.39, 0.29) is 10.8 Å². The van der Waals surface area contributed by atoms with Crippen molar-refractivity contribution in [2.24, 2.45) is 0 Å². The lowest BCUT2D eigenvalue weighted by molar-refractivity contribution is -0.133. The lowest BCUT2D eigenvalue weighted by Crippen LogP contribution is -2.49. The number of sulfonamides is 1. The van der Waals surface area contributed by atoms with Crippen molar-refractivity contribution in [2.45, 2.75) is 50.5 Å². The molecule has 2 rings (SSSR count). The van der Waals surface area contributed by atoms with E-state index in [1.54, 1.807) is 29.2 Å². The van der Waals surface area contributed by atoms with Gasteiger partial charge in [-0.25, -0.2) is 8.42 Å². The van der Waals surface area contributed by atoms with Gasteiger partial charge in [0.2, 0.25) is 15.9 Å². The third-order valence-electron chi connectivity index (χ3n) is 4.00. The molecule has 1 aromatic rings. The van der Waals surface area contributed by atoms with Crippen molar-refractivity contribution < 1.29 is 13.2 Å². The Morgan fingerprint density at radius 3 is 2.32 bits per heavy atom. The van der Waals surface area contributed by atoms with E-state index in [2.05, 4.69) is 4.72 Å². The van der Waals surface area contributed by atoms with Crippen LogP contribution in [0.25, 0.3) is 0 Å². The van der Waals surface area contributed by atoms with E-state index in [4.69, 9.17) is 0 Å². The summed E-state index contributed by atoms with van der Waals surface area (Å²) < 4.78 is 27.4. The molecule has 6 heteroatoms. The Labute approximate surface area is 132 Å². The van der Waals surface area contributed by atoms with Crippen LogP contribution in [0.3, 0.4) is 0 Å². The Balaban J connectivity index is 2.11. The van der Waals surface area contributed by atoms with E-state index >= 15 is 0 Å². The molecule has 1 fully saturated rings. The minimum atomic E-state index is -3.67. The van der Waals surface area contributed by atoms with Gasteiger partial charge in [0.15, 0.2) is 0 Å². The van der Waals surface area contributed by atoms with Crippen LogP contribution >= 0.6 is 0 Å². The van der Waals surface area contributed by atoms with Crippen molar-refractivity contribution in [1.82, 2.24) is 9.62 Å². The highest BCUT2D eigenvalue weighted by Gasteiger charge is 2.28. The number of hydrogen-bond acceptors (Lipinski definition) is 3. The second kappa shape index (κ2) is 7.24. The van der Waals surface area contributed by atoms with Gasteiger partial charge in [0.25, 0.3) is 0 Å². The fourth-order valence-electron chi connectivity index (χ4n) is 2.62. The van der Waals surface area contributed by atoms with E-state index in [1.165, 1.54) is 0 Å².